The highest BCUT2D eigenvalue weighted by molar-refractivity contribution is 6.36. The molecule has 1 heterocycles. The van der Waals surface area contributed by atoms with E-state index in [1.165, 1.54) is 43.5 Å². The number of aliphatic imine (C=N–C) groups is 1. The molecule has 156 valence electrons. The fourth-order valence-corrected chi connectivity index (χ4v) is 4.29. The smallest absolute Gasteiger partial charge is 0.119 e. The molecule has 0 spiro atoms. The molecule has 0 bridgehead atoms. The molecule has 0 aliphatic carbocycles. The highest BCUT2D eigenvalue weighted by atomic mass is 35.5. The Kier molecular flexibility index (Phi) is 8.69. The van der Waals surface area contributed by atoms with E-state index in [0.717, 1.165) is 38.4 Å². The predicted octanol–water partition coefficient (Wildman–Crippen LogP) is 6.68. The zero-order valence-electron chi connectivity index (χ0n) is 17.3. The normalized spacial score (nSPS) is 13.6. The van der Waals surface area contributed by atoms with Crippen LogP contribution in [0.1, 0.15) is 44.6 Å². The van der Waals surface area contributed by atoms with E-state index < -0.39 is 0 Å². The van der Waals surface area contributed by atoms with Crippen LogP contribution < -0.4 is 4.90 Å². The molecule has 0 amide bonds. The summed E-state index contributed by atoms with van der Waals surface area (Å²) < 4.78 is 0. The van der Waals surface area contributed by atoms with Crippen LogP contribution in [-0.4, -0.2) is 36.9 Å². The summed E-state index contributed by atoms with van der Waals surface area (Å²) in [5.41, 5.74) is 2.25. The molecule has 0 atom stereocenters. The maximum absolute atomic E-state index is 6.56. The monoisotopic (exact) mass is 431 g/mol. The zero-order valence-corrected chi connectivity index (χ0v) is 18.8. The first-order valence-electron chi connectivity index (χ1n) is 10.7. The summed E-state index contributed by atoms with van der Waals surface area (Å²) in [5, 5.41) is 1.34. The first kappa shape index (κ1) is 22.0. The van der Waals surface area contributed by atoms with E-state index >= 15 is 0 Å². The third-order valence-corrected chi connectivity index (χ3v) is 5.90. The number of anilines is 1. The average molecular weight is 432 g/mol. The van der Waals surface area contributed by atoms with Crippen molar-refractivity contribution in [2.24, 2.45) is 4.99 Å². The molecule has 29 heavy (non-hydrogen) atoms. The Hall–Kier alpha value is -1.71. The van der Waals surface area contributed by atoms with Crippen LogP contribution in [0.15, 0.2) is 53.5 Å². The topological polar surface area (TPSA) is 18.8 Å². The van der Waals surface area contributed by atoms with Gasteiger partial charge < -0.3 is 9.80 Å². The van der Waals surface area contributed by atoms with E-state index in [1.807, 2.05) is 24.3 Å². The Morgan fingerprint density at radius 2 is 1.76 bits per heavy atom. The SMILES string of the molecule is CCCCCCCN1CCN=C1CN(Cc1ccccc1)c1ccc(Cl)cc1Cl. The van der Waals surface area contributed by atoms with E-state index in [0.29, 0.717) is 10.0 Å². The zero-order chi connectivity index (χ0) is 20.5. The number of hydrogen-bond donors (Lipinski definition) is 0. The van der Waals surface area contributed by atoms with Crippen LogP contribution in [-0.2, 0) is 6.54 Å². The molecule has 5 heteroatoms. The summed E-state index contributed by atoms with van der Waals surface area (Å²) in [6, 6.07) is 16.2. The van der Waals surface area contributed by atoms with Crippen molar-refractivity contribution in [2.75, 3.05) is 31.1 Å². The molecular formula is C24H31Cl2N3. The number of benzene rings is 2. The summed E-state index contributed by atoms with van der Waals surface area (Å²) in [5.74, 6) is 1.17. The molecule has 3 nitrogen and oxygen atoms in total. The van der Waals surface area contributed by atoms with Gasteiger partial charge in [0.2, 0.25) is 0 Å². The lowest BCUT2D eigenvalue weighted by Crippen LogP contribution is -2.38. The molecule has 2 aromatic carbocycles. The number of amidine groups is 1. The van der Waals surface area contributed by atoms with Crippen molar-refractivity contribution in [3.63, 3.8) is 0 Å². The summed E-state index contributed by atoms with van der Waals surface area (Å²) in [7, 11) is 0. The van der Waals surface area contributed by atoms with Gasteiger partial charge in [0.1, 0.15) is 5.84 Å². The Balaban J connectivity index is 1.70. The Morgan fingerprint density at radius 1 is 0.966 bits per heavy atom. The van der Waals surface area contributed by atoms with Crippen molar-refractivity contribution in [2.45, 2.75) is 45.6 Å². The number of rotatable bonds is 11. The highest BCUT2D eigenvalue weighted by Crippen LogP contribution is 2.30. The van der Waals surface area contributed by atoms with Crippen LogP contribution in [0.3, 0.4) is 0 Å². The van der Waals surface area contributed by atoms with Gasteiger partial charge >= 0.3 is 0 Å². The van der Waals surface area contributed by atoms with E-state index in [4.69, 9.17) is 28.2 Å². The summed E-state index contributed by atoms with van der Waals surface area (Å²) >= 11 is 12.7. The van der Waals surface area contributed by atoms with Crippen molar-refractivity contribution in [1.82, 2.24) is 4.90 Å². The van der Waals surface area contributed by atoms with E-state index in [-0.39, 0.29) is 0 Å². The van der Waals surface area contributed by atoms with Crippen molar-refractivity contribution in [3.05, 3.63) is 64.1 Å². The number of halogens is 2. The third-order valence-electron chi connectivity index (χ3n) is 5.36. The van der Waals surface area contributed by atoms with Crippen LogP contribution in [0.25, 0.3) is 0 Å². The summed E-state index contributed by atoms with van der Waals surface area (Å²) in [6.07, 6.45) is 6.48. The van der Waals surface area contributed by atoms with Gasteiger partial charge in [-0.1, -0.05) is 86.1 Å². The van der Waals surface area contributed by atoms with Crippen LogP contribution >= 0.6 is 23.2 Å². The van der Waals surface area contributed by atoms with Gasteiger partial charge in [0.05, 0.1) is 23.8 Å². The van der Waals surface area contributed by atoms with Gasteiger partial charge in [-0.25, -0.2) is 0 Å². The standard InChI is InChI=1S/C24H31Cl2N3/c1-2-3-4-5-9-15-28-16-14-27-24(28)19-29(18-20-10-7-6-8-11-20)23-13-12-21(25)17-22(23)26/h6-8,10-13,17H,2-5,9,14-16,18-19H2,1H3. The van der Waals surface area contributed by atoms with E-state index in [1.54, 1.807) is 0 Å². The Bertz CT molecular complexity index is 792. The maximum atomic E-state index is 6.56. The van der Waals surface area contributed by atoms with Crippen molar-refractivity contribution in [3.8, 4) is 0 Å². The van der Waals surface area contributed by atoms with Crippen molar-refractivity contribution < 1.29 is 0 Å². The molecule has 0 aromatic heterocycles. The number of hydrogen-bond acceptors (Lipinski definition) is 3. The predicted molar refractivity (Wildman–Crippen MR) is 127 cm³/mol. The first-order chi connectivity index (χ1) is 14.2. The van der Waals surface area contributed by atoms with Gasteiger partial charge in [-0.05, 0) is 30.2 Å². The van der Waals surface area contributed by atoms with Gasteiger partial charge in [0.25, 0.3) is 0 Å². The molecule has 2 aromatic rings. The van der Waals surface area contributed by atoms with Crippen LogP contribution in [0.2, 0.25) is 10.0 Å². The molecule has 0 radical (unpaired) electrons. The minimum Gasteiger partial charge on any atom is -0.359 e. The quantitative estimate of drug-likeness (QED) is 0.369. The lowest BCUT2D eigenvalue weighted by Gasteiger charge is -2.29. The maximum Gasteiger partial charge on any atom is 0.119 e. The van der Waals surface area contributed by atoms with Gasteiger partial charge in [0, 0.05) is 24.7 Å². The van der Waals surface area contributed by atoms with Crippen LogP contribution in [0.4, 0.5) is 5.69 Å². The van der Waals surface area contributed by atoms with Gasteiger partial charge in [0.15, 0.2) is 0 Å². The summed E-state index contributed by atoms with van der Waals surface area (Å²) in [4.78, 5) is 9.58. The second-order valence-electron chi connectivity index (χ2n) is 7.64. The second-order valence-corrected chi connectivity index (χ2v) is 8.48. The Labute approximate surface area is 185 Å². The Morgan fingerprint density at radius 3 is 2.52 bits per heavy atom. The average Bonchev–Trinajstić information content (AvgIpc) is 3.15. The molecule has 1 aliphatic heterocycles. The van der Waals surface area contributed by atoms with Crippen LogP contribution in [0, 0.1) is 0 Å². The largest absolute Gasteiger partial charge is 0.359 e. The van der Waals surface area contributed by atoms with Crippen LogP contribution in [0.5, 0.6) is 0 Å². The molecular weight excluding hydrogens is 401 g/mol. The summed E-state index contributed by atoms with van der Waals surface area (Å²) in [6.45, 7) is 6.80. The minimum atomic E-state index is 0.658. The molecule has 0 fully saturated rings. The highest BCUT2D eigenvalue weighted by Gasteiger charge is 2.21. The van der Waals surface area contributed by atoms with Gasteiger partial charge in [-0.15, -0.1) is 0 Å². The minimum absolute atomic E-state index is 0.658. The van der Waals surface area contributed by atoms with E-state index in [2.05, 4.69) is 41.0 Å². The lowest BCUT2D eigenvalue weighted by molar-refractivity contribution is 0.427. The third kappa shape index (κ3) is 6.65. The second kappa shape index (κ2) is 11.5. The molecule has 3 rings (SSSR count). The molecule has 0 saturated carbocycles. The molecule has 1 aliphatic rings. The van der Waals surface area contributed by atoms with Gasteiger partial charge in [-0.3, -0.25) is 4.99 Å². The fourth-order valence-electron chi connectivity index (χ4n) is 3.76. The first-order valence-corrected chi connectivity index (χ1v) is 11.4. The molecule has 0 unspecified atom stereocenters. The lowest BCUT2D eigenvalue weighted by atomic mass is 10.1. The van der Waals surface area contributed by atoms with Crippen molar-refractivity contribution >= 4 is 34.7 Å². The number of unbranched alkanes of at least 4 members (excludes halogenated alkanes) is 4. The number of nitrogens with zero attached hydrogens (tertiary/aromatic N) is 3. The van der Waals surface area contributed by atoms with Gasteiger partial charge in [-0.2, -0.15) is 0 Å². The van der Waals surface area contributed by atoms with Crippen molar-refractivity contribution in [1.29, 1.82) is 0 Å². The molecule has 0 N–H and O–H groups in total. The van der Waals surface area contributed by atoms with E-state index in [9.17, 15) is 0 Å². The fraction of sp³-hybridized carbons (Fsp3) is 0.458. The molecule has 0 saturated heterocycles.